The van der Waals surface area contributed by atoms with Gasteiger partial charge in [-0.1, -0.05) is 19.1 Å². The van der Waals surface area contributed by atoms with Gasteiger partial charge in [-0.15, -0.1) is 0 Å². The summed E-state index contributed by atoms with van der Waals surface area (Å²) >= 11 is 0. The van der Waals surface area contributed by atoms with Crippen LogP contribution in [0.2, 0.25) is 0 Å². The van der Waals surface area contributed by atoms with Gasteiger partial charge < -0.3 is 17.2 Å². The quantitative estimate of drug-likeness (QED) is 0.483. The van der Waals surface area contributed by atoms with Crippen molar-refractivity contribution in [1.29, 1.82) is 0 Å². The molecule has 0 radical (unpaired) electrons. The highest BCUT2D eigenvalue weighted by Crippen LogP contribution is 2.14. The molecule has 80 valence electrons. The number of guanidine groups is 2. The van der Waals surface area contributed by atoms with Gasteiger partial charge in [0.25, 0.3) is 0 Å². The third-order valence-corrected chi connectivity index (χ3v) is 1.81. The Morgan fingerprint density at radius 3 is 2.60 bits per heavy atom. The third-order valence-electron chi connectivity index (χ3n) is 1.81. The Bertz CT molecular complexity index is 391. The number of hydrogen-bond acceptors (Lipinski definition) is 1. The normalized spacial score (nSPS) is 11.1. The molecule has 1 aromatic rings. The summed E-state index contributed by atoms with van der Waals surface area (Å²) in [5, 5.41) is 0. The number of aryl methyl sites for hydroxylation is 1. The van der Waals surface area contributed by atoms with Crippen molar-refractivity contribution in [3.63, 3.8) is 0 Å². The Balaban J connectivity index is 2.92. The van der Waals surface area contributed by atoms with Crippen LogP contribution in [-0.4, -0.2) is 11.9 Å². The molecular formula is C10H15N5. The van der Waals surface area contributed by atoms with E-state index < -0.39 is 0 Å². The highest BCUT2D eigenvalue weighted by Gasteiger charge is 1.94. The van der Waals surface area contributed by atoms with Crippen LogP contribution < -0.4 is 17.2 Å². The number of aliphatic imine (C=N–C) groups is 2. The molecule has 1 rings (SSSR count). The molecular weight excluding hydrogens is 190 g/mol. The zero-order valence-electron chi connectivity index (χ0n) is 8.64. The highest BCUT2D eigenvalue weighted by atomic mass is 15.1. The van der Waals surface area contributed by atoms with Crippen LogP contribution in [0.15, 0.2) is 34.3 Å². The Morgan fingerprint density at radius 1 is 1.27 bits per heavy atom. The maximum Gasteiger partial charge on any atom is 0.223 e. The van der Waals surface area contributed by atoms with Crippen molar-refractivity contribution < 1.29 is 0 Å². The molecule has 0 unspecified atom stereocenters. The smallest absolute Gasteiger partial charge is 0.223 e. The zero-order valence-corrected chi connectivity index (χ0v) is 8.64. The molecule has 0 fully saturated rings. The number of nitrogens with zero attached hydrogens (tertiary/aromatic N) is 2. The second-order valence-electron chi connectivity index (χ2n) is 3.03. The SMILES string of the molecule is CCc1cccc(N=C(N)N=C(N)N)c1. The highest BCUT2D eigenvalue weighted by molar-refractivity contribution is 5.93. The van der Waals surface area contributed by atoms with Crippen molar-refractivity contribution in [1.82, 2.24) is 0 Å². The molecule has 0 aliphatic rings. The van der Waals surface area contributed by atoms with Crippen molar-refractivity contribution >= 4 is 17.6 Å². The van der Waals surface area contributed by atoms with E-state index in [-0.39, 0.29) is 11.9 Å². The molecule has 0 spiro atoms. The molecule has 5 heteroatoms. The average molecular weight is 205 g/mol. The molecule has 1 aromatic carbocycles. The molecule has 6 N–H and O–H groups in total. The minimum absolute atomic E-state index is 0.0586. The van der Waals surface area contributed by atoms with Gasteiger partial charge in [-0.3, -0.25) is 0 Å². The molecule has 0 saturated carbocycles. The summed E-state index contributed by atoms with van der Waals surface area (Å²) in [7, 11) is 0. The molecule has 0 heterocycles. The fourth-order valence-electron chi connectivity index (χ4n) is 1.14. The number of nitrogens with two attached hydrogens (primary N) is 3. The van der Waals surface area contributed by atoms with Crippen LogP contribution in [0.1, 0.15) is 12.5 Å². The van der Waals surface area contributed by atoms with E-state index in [1.54, 1.807) is 0 Å². The van der Waals surface area contributed by atoms with Crippen molar-refractivity contribution in [2.45, 2.75) is 13.3 Å². The van der Waals surface area contributed by atoms with E-state index >= 15 is 0 Å². The maximum atomic E-state index is 5.50. The predicted molar refractivity (Wildman–Crippen MR) is 62.9 cm³/mol. The van der Waals surface area contributed by atoms with E-state index in [0.717, 1.165) is 12.1 Å². The van der Waals surface area contributed by atoms with Crippen LogP contribution in [0.5, 0.6) is 0 Å². The minimum Gasteiger partial charge on any atom is -0.370 e. The van der Waals surface area contributed by atoms with Crippen LogP contribution in [0, 0.1) is 0 Å². The fraction of sp³-hybridized carbons (Fsp3) is 0.200. The summed E-state index contributed by atoms with van der Waals surface area (Å²) in [4.78, 5) is 7.68. The summed E-state index contributed by atoms with van der Waals surface area (Å²) in [6.07, 6.45) is 0.950. The van der Waals surface area contributed by atoms with Crippen LogP contribution >= 0.6 is 0 Å². The summed E-state index contributed by atoms with van der Waals surface area (Å²) in [5.41, 5.74) is 17.8. The molecule has 0 aromatic heterocycles. The van der Waals surface area contributed by atoms with Gasteiger partial charge in [0.1, 0.15) is 0 Å². The van der Waals surface area contributed by atoms with E-state index in [9.17, 15) is 0 Å². The molecule has 5 nitrogen and oxygen atoms in total. The van der Waals surface area contributed by atoms with Gasteiger partial charge in [-0.05, 0) is 24.1 Å². The van der Waals surface area contributed by atoms with Gasteiger partial charge in [0.2, 0.25) is 5.96 Å². The Hall–Kier alpha value is -2.04. The van der Waals surface area contributed by atoms with Crippen LogP contribution in [0.4, 0.5) is 5.69 Å². The van der Waals surface area contributed by atoms with Crippen LogP contribution in [0.3, 0.4) is 0 Å². The van der Waals surface area contributed by atoms with E-state index in [1.807, 2.05) is 24.3 Å². The van der Waals surface area contributed by atoms with Gasteiger partial charge in [0, 0.05) is 0 Å². The molecule has 0 aliphatic carbocycles. The van der Waals surface area contributed by atoms with E-state index in [0.29, 0.717) is 0 Å². The number of hydrogen-bond donors (Lipinski definition) is 3. The second-order valence-corrected chi connectivity index (χ2v) is 3.03. The monoisotopic (exact) mass is 205 g/mol. The van der Waals surface area contributed by atoms with Crippen LogP contribution in [0.25, 0.3) is 0 Å². The first-order chi connectivity index (χ1) is 7.11. The minimum atomic E-state index is -0.0945. The standard InChI is InChI=1S/C10H15N5/c1-2-7-4-3-5-8(6-7)14-10(13)15-9(11)12/h3-6H,2H2,1H3,(H6,11,12,13,14,15). The Morgan fingerprint density at radius 2 is 2.00 bits per heavy atom. The first kappa shape index (κ1) is 11.0. The largest absolute Gasteiger partial charge is 0.370 e. The molecule has 0 bridgehead atoms. The van der Waals surface area contributed by atoms with E-state index in [1.165, 1.54) is 5.56 Å². The average Bonchev–Trinajstić information content (AvgIpc) is 2.16. The summed E-state index contributed by atoms with van der Waals surface area (Å²) in [6.45, 7) is 2.07. The van der Waals surface area contributed by atoms with Gasteiger partial charge in [0.15, 0.2) is 5.96 Å². The lowest BCUT2D eigenvalue weighted by atomic mass is 10.1. The molecule has 0 amide bonds. The lowest BCUT2D eigenvalue weighted by Crippen LogP contribution is -2.26. The van der Waals surface area contributed by atoms with Gasteiger partial charge in [-0.25, -0.2) is 4.99 Å². The zero-order chi connectivity index (χ0) is 11.3. The van der Waals surface area contributed by atoms with E-state index in [2.05, 4.69) is 16.9 Å². The summed E-state index contributed by atoms with van der Waals surface area (Å²) in [5.74, 6) is -0.0360. The van der Waals surface area contributed by atoms with Gasteiger partial charge in [-0.2, -0.15) is 4.99 Å². The predicted octanol–water partition coefficient (Wildman–Crippen LogP) is 0.469. The third kappa shape index (κ3) is 3.68. The molecule has 15 heavy (non-hydrogen) atoms. The Labute approximate surface area is 88.7 Å². The molecule has 0 aliphatic heterocycles. The summed E-state index contributed by atoms with van der Waals surface area (Å²) in [6, 6.07) is 7.72. The Kier molecular flexibility index (Phi) is 3.68. The van der Waals surface area contributed by atoms with Crippen LogP contribution in [-0.2, 0) is 6.42 Å². The second kappa shape index (κ2) is 4.99. The van der Waals surface area contributed by atoms with Crippen molar-refractivity contribution in [2.24, 2.45) is 27.2 Å². The lowest BCUT2D eigenvalue weighted by Gasteiger charge is -1.99. The van der Waals surface area contributed by atoms with Gasteiger partial charge >= 0.3 is 0 Å². The van der Waals surface area contributed by atoms with E-state index in [4.69, 9.17) is 17.2 Å². The molecule has 0 atom stereocenters. The first-order valence-corrected chi connectivity index (χ1v) is 4.64. The maximum absolute atomic E-state index is 5.50. The van der Waals surface area contributed by atoms with Crippen molar-refractivity contribution in [2.75, 3.05) is 0 Å². The topological polar surface area (TPSA) is 103 Å². The first-order valence-electron chi connectivity index (χ1n) is 4.64. The van der Waals surface area contributed by atoms with Gasteiger partial charge in [0.05, 0.1) is 5.69 Å². The number of rotatable bonds is 2. The molecule has 0 saturated heterocycles. The lowest BCUT2D eigenvalue weighted by molar-refractivity contribution is 1.14. The summed E-state index contributed by atoms with van der Waals surface area (Å²) < 4.78 is 0. The van der Waals surface area contributed by atoms with Crippen molar-refractivity contribution in [3.8, 4) is 0 Å². The fourth-order valence-corrected chi connectivity index (χ4v) is 1.14. The van der Waals surface area contributed by atoms with Crippen molar-refractivity contribution in [3.05, 3.63) is 29.8 Å². The number of benzene rings is 1.